The first-order chi connectivity index (χ1) is 8.95. The van der Waals surface area contributed by atoms with E-state index in [0.717, 1.165) is 18.4 Å². The molecule has 19 heavy (non-hydrogen) atoms. The maximum Gasteiger partial charge on any atom is 0.148 e. The van der Waals surface area contributed by atoms with Gasteiger partial charge in [0.15, 0.2) is 0 Å². The van der Waals surface area contributed by atoms with Crippen molar-refractivity contribution in [3.63, 3.8) is 0 Å². The van der Waals surface area contributed by atoms with Crippen LogP contribution in [0.4, 0.5) is 0 Å². The molecule has 1 saturated carbocycles. The van der Waals surface area contributed by atoms with E-state index in [2.05, 4.69) is 11.4 Å². The molecule has 0 bridgehead atoms. The number of benzene rings is 1. The predicted molar refractivity (Wildman–Crippen MR) is 74.5 cm³/mol. The molecule has 0 aliphatic heterocycles. The molecule has 0 radical (unpaired) electrons. The third-order valence-electron chi connectivity index (χ3n) is 3.64. The lowest BCUT2D eigenvalue weighted by atomic mass is 9.62. The van der Waals surface area contributed by atoms with Gasteiger partial charge in [-0.25, -0.2) is 8.42 Å². The first kappa shape index (κ1) is 14.0. The summed E-state index contributed by atoms with van der Waals surface area (Å²) >= 11 is 0. The van der Waals surface area contributed by atoms with Gasteiger partial charge in [0.05, 0.1) is 17.2 Å². The third-order valence-corrected chi connectivity index (χ3v) is 4.58. The Labute approximate surface area is 114 Å². The molecule has 0 heterocycles. The average Bonchev–Trinajstić information content (AvgIpc) is 2.32. The fourth-order valence-corrected chi connectivity index (χ4v) is 3.01. The van der Waals surface area contributed by atoms with E-state index in [4.69, 9.17) is 0 Å². The summed E-state index contributed by atoms with van der Waals surface area (Å²) in [7, 11) is -2.92. The normalized spacial score (nSPS) is 26.4. The van der Waals surface area contributed by atoms with Gasteiger partial charge in [0.1, 0.15) is 9.84 Å². The van der Waals surface area contributed by atoms with E-state index < -0.39 is 15.3 Å². The second-order valence-corrected chi connectivity index (χ2v) is 7.51. The van der Waals surface area contributed by atoms with Gasteiger partial charge in [-0.1, -0.05) is 30.3 Å². The molecule has 0 saturated heterocycles. The summed E-state index contributed by atoms with van der Waals surface area (Å²) < 4.78 is 22.1. The second-order valence-electron chi connectivity index (χ2n) is 5.25. The Morgan fingerprint density at radius 2 is 2.00 bits per heavy atom. The summed E-state index contributed by atoms with van der Waals surface area (Å²) in [6, 6.07) is 12.4. The molecule has 0 atom stereocenters. The first-order valence-electron chi connectivity index (χ1n) is 6.33. The molecule has 0 amide bonds. The molecule has 2 rings (SSSR count). The number of sulfone groups is 1. The van der Waals surface area contributed by atoms with Crippen molar-refractivity contribution >= 4 is 9.84 Å². The van der Waals surface area contributed by atoms with E-state index in [1.807, 2.05) is 30.3 Å². The Hall–Kier alpha value is -1.38. The van der Waals surface area contributed by atoms with E-state index >= 15 is 0 Å². The summed E-state index contributed by atoms with van der Waals surface area (Å²) in [5, 5.41) is 12.6. The van der Waals surface area contributed by atoms with Crippen molar-refractivity contribution in [1.29, 1.82) is 5.26 Å². The van der Waals surface area contributed by atoms with Gasteiger partial charge in [-0.2, -0.15) is 5.26 Å². The van der Waals surface area contributed by atoms with Crippen LogP contribution < -0.4 is 5.32 Å². The zero-order valence-corrected chi connectivity index (χ0v) is 11.8. The molecule has 102 valence electrons. The van der Waals surface area contributed by atoms with Gasteiger partial charge < -0.3 is 5.32 Å². The van der Waals surface area contributed by atoms with Gasteiger partial charge in [0.2, 0.25) is 0 Å². The fraction of sp³-hybridized carbons (Fsp3) is 0.500. The fourth-order valence-electron chi connectivity index (χ4n) is 2.52. The van der Waals surface area contributed by atoms with Crippen LogP contribution in [0.2, 0.25) is 0 Å². The van der Waals surface area contributed by atoms with Crippen LogP contribution in [0.25, 0.3) is 0 Å². The minimum Gasteiger partial charge on any atom is -0.313 e. The van der Waals surface area contributed by atoms with Crippen molar-refractivity contribution in [2.24, 2.45) is 0 Å². The Morgan fingerprint density at radius 1 is 1.37 bits per heavy atom. The number of nitrogens with one attached hydrogen (secondary N) is 1. The number of hydrogen-bond acceptors (Lipinski definition) is 4. The van der Waals surface area contributed by atoms with Crippen LogP contribution in [0.15, 0.2) is 30.3 Å². The average molecular weight is 278 g/mol. The summed E-state index contributed by atoms with van der Waals surface area (Å²) in [5.41, 5.74) is 0.656. The van der Waals surface area contributed by atoms with Crippen molar-refractivity contribution in [2.45, 2.75) is 24.3 Å². The molecule has 1 aliphatic carbocycles. The molecule has 4 nitrogen and oxygen atoms in total. The third kappa shape index (κ3) is 3.34. The van der Waals surface area contributed by atoms with Crippen molar-refractivity contribution in [1.82, 2.24) is 5.32 Å². The number of rotatable bonds is 5. The Bertz CT molecular complexity index is 569. The highest BCUT2D eigenvalue weighted by Crippen LogP contribution is 2.43. The van der Waals surface area contributed by atoms with Crippen molar-refractivity contribution in [3.8, 4) is 6.07 Å². The lowest BCUT2D eigenvalue weighted by Crippen LogP contribution is -2.51. The van der Waals surface area contributed by atoms with E-state index in [-0.39, 0.29) is 11.8 Å². The SMILES string of the molecule is CS(=O)(=O)CCNC1CC(C#N)(c2ccccc2)C1. The molecule has 0 spiro atoms. The molecular formula is C14H18N2O2S. The van der Waals surface area contributed by atoms with Crippen LogP contribution >= 0.6 is 0 Å². The summed E-state index contributed by atoms with van der Waals surface area (Å²) in [6.07, 6.45) is 2.73. The maximum atomic E-state index is 11.0. The zero-order chi connectivity index (χ0) is 13.9. The van der Waals surface area contributed by atoms with E-state index in [1.54, 1.807) is 0 Å². The molecule has 1 aromatic carbocycles. The molecular weight excluding hydrogens is 260 g/mol. The van der Waals surface area contributed by atoms with E-state index in [9.17, 15) is 13.7 Å². The van der Waals surface area contributed by atoms with Gasteiger partial charge in [-0.05, 0) is 18.4 Å². The highest BCUT2D eigenvalue weighted by Gasteiger charge is 2.45. The summed E-state index contributed by atoms with van der Waals surface area (Å²) in [6.45, 7) is 0.458. The second kappa shape index (κ2) is 5.32. The first-order valence-corrected chi connectivity index (χ1v) is 8.39. The van der Waals surface area contributed by atoms with E-state index in [0.29, 0.717) is 6.54 Å². The number of nitriles is 1. The molecule has 1 N–H and O–H groups in total. The zero-order valence-electron chi connectivity index (χ0n) is 11.0. The van der Waals surface area contributed by atoms with Crippen LogP contribution in [0.5, 0.6) is 0 Å². The quantitative estimate of drug-likeness (QED) is 0.880. The van der Waals surface area contributed by atoms with Crippen molar-refractivity contribution in [2.75, 3.05) is 18.6 Å². The van der Waals surface area contributed by atoms with Gasteiger partial charge in [0, 0.05) is 18.8 Å². The molecule has 0 aromatic heterocycles. The highest BCUT2D eigenvalue weighted by molar-refractivity contribution is 7.90. The molecule has 5 heteroatoms. The van der Waals surface area contributed by atoms with Crippen LogP contribution in [-0.4, -0.2) is 33.0 Å². The van der Waals surface area contributed by atoms with Crippen molar-refractivity contribution in [3.05, 3.63) is 35.9 Å². The molecule has 1 fully saturated rings. The van der Waals surface area contributed by atoms with Crippen LogP contribution in [0, 0.1) is 11.3 Å². The minimum absolute atomic E-state index is 0.147. The summed E-state index contributed by atoms with van der Waals surface area (Å²) in [4.78, 5) is 0. The van der Waals surface area contributed by atoms with Crippen LogP contribution in [0.3, 0.4) is 0 Å². The molecule has 0 unspecified atom stereocenters. The highest BCUT2D eigenvalue weighted by atomic mass is 32.2. The largest absolute Gasteiger partial charge is 0.313 e. The topological polar surface area (TPSA) is 70.0 Å². The van der Waals surface area contributed by atoms with E-state index in [1.165, 1.54) is 6.26 Å². The predicted octanol–water partition coefficient (Wildman–Crippen LogP) is 1.24. The lowest BCUT2D eigenvalue weighted by Gasteiger charge is -2.43. The van der Waals surface area contributed by atoms with Gasteiger partial charge >= 0.3 is 0 Å². The van der Waals surface area contributed by atoms with Crippen molar-refractivity contribution < 1.29 is 8.42 Å². The smallest absolute Gasteiger partial charge is 0.148 e. The lowest BCUT2D eigenvalue weighted by molar-refractivity contribution is 0.230. The van der Waals surface area contributed by atoms with Gasteiger partial charge in [-0.3, -0.25) is 0 Å². The molecule has 1 aromatic rings. The van der Waals surface area contributed by atoms with Crippen LogP contribution in [-0.2, 0) is 15.3 Å². The monoisotopic (exact) mass is 278 g/mol. The standard InChI is InChI=1S/C14H18N2O2S/c1-19(17,18)8-7-16-13-9-14(10-13,11-15)12-5-3-2-4-6-12/h2-6,13,16H,7-10H2,1H3. The number of hydrogen-bond donors (Lipinski definition) is 1. The number of nitrogens with zero attached hydrogens (tertiary/aromatic N) is 1. The van der Waals surface area contributed by atoms with Gasteiger partial charge in [-0.15, -0.1) is 0 Å². The summed E-state index contributed by atoms with van der Waals surface area (Å²) in [5.74, 6) is 0.147. The maximum absolute atomic E-state index is 11.0. The Morgan fingerprint density at radius 3 is 2.53 bits per heavy atom. The van der Waals surface area contributed by atoms with Gasteiger partial charge in [0.25, 0.3) is 0 Å². The van der Waals surface area contributed by atoms with Crippen LogP contribution in [0.1, 0.15) is 18.4 Å². The molecule has 1 aliphatic rings. The minimum atomic E-state index is -2.92. The Kier molecular flexibility index (Phi) is 3.93. The Balaban J connectivity index is 1.89.